The van der Waals surface area contributed by atoms with Gasteiger partial charge < -0.3 is 39.7 Å². The van der Waals surface area contributed by atoms with Gasteiger partial charge in [-0.1, -0.05) is 6.92 Å². The number of carbonyl (C=O) groups excluding carboxylic acids is 1. The van der Waals surface area contributed by atoms with Gasteiger partial charge in [-0.2, -0.15) is 0 Å². The van der Waals surface area contributed by atoms with Crippen molar-refractivity contribution in [3.05, 3.63) is 0 Å². The number of hydrogen-bond donors (Lipinski definition) is 5. The second-order valence-electron chi connectivity index (χ2n) is 7.25. The summed E-state index contributed by atoms with van der Waals surface area (Å²) in [6.45, 7) is 1.33. The van der Waals surface area contributed by atoms with Crippen LogP contribution in [0.15, 0.2) is 0 Å². The van der Waals surface area contributed by atoms with E-state index in [1.54, 1.807) is 0 Å². The summed E-state index contributed by atoms with van der Waals surface area (Å²) in [4.78, 5) is 11.8. The van der Waals surface area contributed by atoms with Crippen molar-refractivity contribution in [3.8, 4) is 0 Å². The second-order valence-corrected chi connectivity index (χ2v) is 7.25. The van der Waals surface area contributed by atoms with Crippen LogP contribution in [0.25, 0.3) is 0 Å². The first-order valence-corrected chi connectivity index (χ1v) is 8.62. The van der Waals surface area contributed by atoms with Gasteiger partial charge >= 0.3 is 5.97 Å². The molecule has 144 valence electrons. The predicted molar refractivity (Wildman–Crippen MR) is 80.9 cm³/mol. The van der Waals surface area contributed by atoms with Gasteiger partial charge in [0.1, 0.15) is 30.5 Å². The molecule has 0 amide bonds. The number of aliphatic hydroxyl groups is 5. The fourth-order valence-corrected chi connectivity index (χ4v) is 4.31. The molecule has 0 spiro atoms. The van der Waals surface area contributed by atoms with Crippen molar-refractivity contribution >= 4 is 5.97 Å². The van der Waals surface area contributed by atoms with Crippen LogP contribution in [0.1, 0.15) is 13.3 Å². The normalized spacial score (nSPS) is 49.9. The number of ether oxygens (including phenoxy) is 3. The molecule has 2 saturated heterocycles. The third kappa shape index (κ3) is 3.30. The third-order valence-electron chi connectivity index (χ3n) is 5.79. The van der Waals surface area contributed by atoms with Gasteiger partial charge in [0.05, 0.1) is 25.7 Å². The van der Waals surface area contributed by atoms with Gasteiger partial charge in [-0.15, -0.1) is 0 Å². The van der Waals surface area contributed by atoms with Crippen LogP contribution in [0.3, 0.4) is 0 Å². The lowest BCUT2D eigenvalue weighted by atomic mass is 9.83. The molecule has 9 nitrogen and oxygen atoms in total. The van der Waals surface area contributed by atoms with Gasteiger partial charge in [0, 0.05) is 5.92 Å². The molecule has 0 bridgehead atoms. The largest absolute Gasteiger partial charge is 0.462 e. The highest BCUT2D eigenvalue weighted by molar-refractivity contribution is 5.75. The first kappa shape index (κ1) is 19.0. The Morgan fingerprint density at radius 1 is 1.12 bits per heavy atom. The maximum absolute atomic E-state index is 11.8. The molecule has 0 aromatic heterocycles. The maximum atomic E-state index is 11.8. The lowest BCUT2D eigenvalue weighted by Gasteiger charge is -2.40. The Hall–Kier alpha value is -0.810. The van der Waals surface area contributed by atoms with Gasteiger partial charge in [-0.3, -0.25) is 4.79 Å². The van der Waals surface area contributed by atoms with Crippen molar-refractivity contribution in [1.82, 2.24) is 0 Å². The fraction of sp³-hybridized carbons (Fsp3) is 0.938. The van der Waals surface area contributed by atoms with Gasteiger partial charge in [-0.25, -0.2) is 0 Å². The van der Waals surface area contributed by atoms with Gasteiger partial charge in [0.2, 0.25) is 0 Å². The highest BCUT2D eigenvalue weighted by atomic mass is 16.7. The lowest BCUT2D eigenvalue weighted by Crippen LogP contribution is -2.59. The number of carbonyl (C=O) groups is 1. The molecule has 25 heavy (non-hydrogen) atoms. The van der Waals surface area contributed by atoms with E-state index in [0.717, 1.165) is 0 Å². The monoisotopic (exact) mass is 362 g/mol. The first-order valence-electron chi connectivity index (χ1n) is 8.62. The van der Waals surface area contributed by atoms with E-state index in [4.69, 9.17) is 14.2 Å². The van der Waals surface area contributed by atoms with Crippen LogP contribution in [-0.4, -0.2) is 88.1 Å². The topological polar surface area (TPSA) is 146 Å². The summed E-state index contributed by atoms with van der Waals surface area (Å²) in [5.41, 5.74) is 0. The van der Waals surface area contributed by atoms with Crippen LogP contribution in [0, 0.1) is 23.7 Å². The van der Waals surface area contributed by atoms with E-state index < -0.39 is 49.2 Å². The molecule has 10 atom stereocenters. The third-order valence-corrected chi connectivity index (χ3v) is 5.79. The zero-order chi connectivity index (χ0) is 18.3. The highest BCUT2D eigenvalue weighted by Gasteiger charge is 2.55. The molecule has 5 N–H and O–H groups in total. The summed E-state index contributed by atoms with van der Waals surface area (Å²) >= 11 is 0. The molecule has 0 unspecified atom stereocenters. The van der Waals surface area contributed by atoms with Crippen molar-refractivity contribution in [2.75, 3.05) is 19.8 Å². The number of aliphatic hydroxyl groups excluding tert-OH is 5. The Morgan fingerprint density at radius 3 is 2.48 bits per heavy atom. The van der Waals surface area contributed by atoms with Crippen LogP contribution in [0.5, 0.6) is 0 Å². The van der Waals surface area contributed by atoms with Crippen LogP contribution < -0.4 is 0 Å². The minimum absolute atomic E-state index is 0.0824. The van der Waals surface area contributed by atoms with Crippen LogP contribution in [-0.2, 0) is 19.0 Å². The van der Waals surface area contributed by atoms with Crippen molar-refractivity contribution in [1.29, 1.82) is 0 Å². The van der Waals surface area contributed by atoms with E-state index in [1.807, 2.05) is 6.92 Å². The number of esters is 1. The standard InChI is InChI=1S/C16H26O9/c1-6-2-9-11(7(3-17)15(22)24-9)8(6)5-23-16-14(21)13(20)12(19)10(4-18)25-16/h6-14,16-21H,2-5H2,1H3/t6-,7-,8+,9-,10+,11+,12+,13-,14+,16-/m0/s1. The SMILES string of the molecule is C[C@H]1C[C@@H]2OC(=O)[C@@H](CO)[C@@H]2[C@@H]1CO[C@H]1O[C@H](CO)[C@@H](O)[C@H](O)[C@H]1O. The summed E-state index contributed by atoms with van der Waals surface area (Å²) in [6.07, 6.45) is -6.19. The number of hydrogen-bond acceptors (Lipinski definition) is 9. The first-order chi connectivity index (χ1) is 11.9. The molecule has 2 heterocycles. The molecule has 1 saturated carbocycles. The Kier molecular flexibility index (Phi) is 5.64. The van der Waals surface area contributed by atoms with E-state index in [-0.39, 0.29) is 37.1 Å². The highest BCUT2D eigenvalue weighted by Crippen LogP contribution is 2.47. The quantitative estimate of drug-likeness (QED) is 0.338. The molecule has 3 rings (SSSR count). The van der Waals surface area contributed by atoms with Crippen molar-refractivity contribution in [2.45, 2.75) is 50.2 Å². The minimum atomic E-state index is -1.49. The fourth-order valence-electron chi connectivity index (χ4n) is 4.31. The molecule has 1 aliphatic carbocycles. The zero-order valence-corrected chi connectivity index (χ0v) is 14.0. The van der Waals surface area contributed by atoms with Crippen molar-refractivity contribution < 1.29 is 44.5 Å². The molecule has 3 fully saturated rings. The molecule has 2 aliphatic heterocycles. The lowest BCUT2D eigenvalue weighted by molar-refractivity contribution is -0.304. The van der Waals surface area contributed by atoms with Crippen LogP contribution >= 0.6 is 0 Å². The minimum Gasteiger partial charge on any atom is -0.462 e. The zero-order valence-electron chi connectivity index (χ0n) is 14.0. The summed E-state index contributed by atoms with van der Waals surface area (Å²) in [7, 11) is 0. The molecule has 0 aromatic rings. The van der Waals surface area contributed by atoms with Crippen LogP contribution in [0.4, 0.5) is 0 Å². The summed E-state index contributed by atoms with van der Waals surface area (Å²) in [5.74, 6) is -1.05. The molecule has 0 aromatic carbocycles. The Bertz CT molecular complexity index is 484. The van der Waals surface area contributed by atoms with Crippen LogP contribution in [0.2, 0.25) is 0 Å². The summed E-state index contributed by atoms with van der Waals surface area (Å²) < 4.78 is 16.3. The molecular formula is C16H26O9. The predicted octanol–water partition coefficient (Wildman–Crippen LogP) is -2.39. The van der Waals surface area contributed by atoms with Gasteiger partial charge in [0.25, 0.3) is 0 Å². The summed E-state index contributed by atoms with van der Waals surface area (Å²) in [5, 5.41) is 48.3. The Morgan fingerprint density at radius 2 is 1.84 bits per heavy atom. The number of rotatable bonds is 5. The Balaban J connectivity index is 1.65. The second kappa shape index (κ2) is 7.43. The molecule has 9 heteroatoms. The maximum Gasteiger partial charge on any atom is 0.311 e. The van der Waals surface area contributed by atoms with Gasteiger partial charge in [-0.05, 0) is 18.3 Å². The van der Waals surface area contributed by atoms with E-state index in [2.05, 4.69) is 0 Å². The van der Waals surface area contributed by atoms with Crippen molar-refractivity contribution in [2.24, 2.45) is 23.7 Å². The average molecular weight is 362 g/mol. The van der Waals surface area contributed by atoms with E-state index in [0.29, 0.717) is 6.42 Å². The summed E-state index contributed by atoms with van der Waals surface area (Å²) in [6, 6.07) is 0. The molecule has 3 aliphatic rings. The van der Waals surface area contributed by atoms with E-state index in [9.17, 15) is 30.3 Å². The average Bonchev–Trinajstić information content (AvgIpc) is 3.05. The Labute approximate surface area is 145 Å². The number of fused-ring (bicyclic) bond motifs is 1. The smallest absolute Gasteiger partial charge is 0.311 e. The van der Waals surface area contributed by atoms with E-state index >= 15 is 0 Å². The molecular weight excluding hydrogens is 336 g/mol. The van der Waals surface area contributed by atoms with Crippen molar-refractivity contribution in [3.63, 3.8) is 0 Å². The van der Waals surface area contributed by atoms with E-state index in [1.165, 1.54) is 0 Å². The van der Waals surface area contributed by atoms with Gasteiger partial charge in [0.15, 0.2) is 6.29 Å². The molecule has 0 radical (unpaired) electrons.